The van der Waals surface area contributed by atoms with Crippen LogP contribution in [-0.2, 0) is 24.1 Å². The molecule has 4 saturated carbocycles. The van der Waals surface area contributed by atoms with E-state index < -0.39 is 23.1 Å². The van der Waals surface area contributed by atoms with Crippen molar-refractivity contribution >= 4 is 23.4 Å². The van der Waals surface area contributed by atoms with Crippen molar-refractivity contribution in [3.05, 3.63) is 22.3 Å². The van der Waals surface area contributed by atoms with E-state index in [4.69, 9.17) is 25.6 Å². The molecular weight excluding hydrogens is 486 g/mol. The molecule has 4 fully saturated rings. The largest absolute Gasteiger partial charge is 0.478 e. The molecule has 0 aromatic carbocycles. The molecule has 7 atom stereocenters. The maximum atomic E-state index is 12.6. The van der Waals surface area contributed by atoms with E-state index in [0.717, 1.165) is 37.8 Å². The summed E-state index contributed by atoms with van der Waals surface area (Å²) in [5.74, 6) is -0.959. The van der Waals surface area contributed by atoms with E-state index in [1.807, 2.05) is 0 Å². The fourth-order valence-electron chi connectivity index (χ4n) is 7.49. The highest BCUT2D eigenvalue weighted by Gasteiger charge is 2.62. The van der Waals surface area contributed by atoms with Gasteiger partial charge in [0.05, 0.1) is 5.71 Å². The topological polar surface area (TPSA) is 192 Å². The van der Waals surface area contributed by atoms with E-state index in [9.17, 15) is 24.5 Å². The van der Waals surface area contributed by atoms with Crippen LogP contribution in [-0.4, -0.2) is 58.0 Å². The fraction of sp³-hybridized carbons (Fsp3) is 0.760. The Bertz CT molecular complexity index is 951. The molecule has 0 amide bonds. The molecule has 4 aliphatic carbocycles. The van der Waals surface area contributed by atoms with Gasteiger partial charge in [0.15, 0.2) is 0 Å². The number of ketones is 1. The van der Waals surface area contributed by atoms with Crippen LogP contribution in [0.15, 0.2) is 17.3 Å². The molecule has 12 nitrogen and oxygen atoms in total. The molecule has 0 heterocycles. The minimum Gasteiger partial charge on any atom is -0.478 e. The highest BCUT2D eigenvalue weighted by atomic mass is 17.0. The molecular formula is C25H37N3O9. The minimum atomic E-state index is -1.26. The summed E-state index contributed by atoms with van der Waals surface area (Å²) in [6, 6.07) is 0. The Morgan fingerprint density at radius 3 is 2.41 bits per heavy atom. The molecule has 2 unspecified atom stereocenters. The summed E-state index contributed by atoms with van der Waals surface area (Å²) in [7, 11) is 0. The van der Waals surface area contributed by atoms with Crippen molar-refractivity contribution in [1.29, 1.82) is 0 Å². The molecule has 12 heteroatoms. The number of hydrogen-bond donors (Lipinski definition) is 3. The van der Waals surface area contributed by atoms with Crippen molar-refractivity contribution in [1.82, 2.24) is 0 Å². The van der Waals surface area contributed by atoms with E-state index in [-0.39, 0.29) is 16.7 Å². The van der Waals surface area contributed by atoms with E-state index in [1.165, 1.54) is 0 Å². The Morgan fingerprint density at radius 1 is 1.14 bits per heavy atom. The van der Waals surface area contributed by atoms with Gasteiger partial charge in [0.2, 0.25) is 0 Å². The summed E-state index contributed by atoms with van der Waals surface area (Å²) in [6.07, 6.45) is 7.31. The average Bonchev–Trinajstić information content (AvgIpc) is 3.13. The Labute approximate surface area is 215 Å². The number of nitrogens with two attached hydrogens (primary N) is 1. The number of oxime groups is 1. The van der Waals surface area contributed by atoms with Gasteiger partial charge in [0.1, 0.15) is 18.5 Å². The minimum absolute atomic E-state index is 0.0382. The standard InChI is InChI=1S/C21H33N3O5.C4H4O4/c1-20-7-5-13(23-28-10-9-22)11-17(20)18(29-24(26)27)12-14-15-3-4-19(25)21(15,2)8-6-16(14)20;5-3(6)1-2-4(7)8/h14-18H,3-12,22H2,1-2H3;1-2H,(H,5,6)(H,7,8)/b;2-1+/t14-,15-,16+,17?,18?,20+,21-;/m0./s1. The van der Waals surface area contributed by atoms with Gasteiger partial charge in [0.25, 0.3) is 5.09 Å². The van der Waals surface area contributed by atoms with Crippen LogP contribution >= 0.6 is 0 Å². The number of hydrogen-bond acceptors (Lipinski definition) is 9. The fourth-order valence-corrected chi connectivity index (χ4v) is 7.49. The monoisotopic (exact) mass is 523 g/mol. The lowest BCUT2D eigenvalue weighted by molar-refractivity contribution is -0.772. The molecule has 37 heavy (non-hydrogen) atoms. The summed E-state index contributed by atoms with van der Waals surface area (Å²) in [5.41, 5.74) is 6.14. The van der Waals surface area contributed by atoms with E-state index in [1.54, 1.807) is 0 Å². The highest BCUT2D eigenvalue weighted by molar-refractivity contribution is 5.89. The van der Waals surface area contributed by atoms with Crippen molar-refractivity contribution in [3.63, 3.8) is 0 Å². The number of fused-ring (bicyclic) bond motifs is 5. The third-order valence-corrected chi connectivity index (χ3v) is 9.19. The molecule has 206 valence electrons. The van der Waals surface area contributed by atoms with Gasteiger partial charge in [-0.05, 0) is 74.0 Å². The van der Waals surface area contributed by atoms with Crippen LogP contribution in [0, 0.1) is 44.6 Å². The van der Waals surface area contributed by atoms with Gasteiger partial charge in [-0.25, -0.2) is 9.59 Å². The maximum Gasteiger partial charge on any atom is 0.328 e. The predicted molar refractivity (Wildman–Crippen MR) is 131 cm³/mol. The molecule has 0 saturated heterocycles. The number of nitrogens with zero attached hydrogens (tertiary/aromatic N) is 2. The number of carboxylic acids is 2. The number of carboxylic acid groups (broad SMARTS) is 2. The number of Topliss-reactive ketones (excluding diaryl/α,β-unsaturated/α-hetero) is 1. The maximum absolute atomic E-state index is 12.6. The number of aliphatic carboxylic acids is 2. The number of carbonyl (C=O) groups excluding carboxylic acids is 1. The van der Waals surface area contributed by atoms with Gasteiger partial charge >= 0.3 is 11.9 Å². The first-order valence-corrected chi connectivity index (χ1v) is 12.8. The van der Waals surface area contributed by atoms with E-state index >= 15 is 0 Å². The Morgan fingerprint density at radius 2 is 1.81 bits per heavy atom. The number of rotatable bonds is 7. The van der Waals surface area contributed by atoms with Crippen molar-refractivity contribution in [2.75, 3.05) is 13.2 Å². The first kappa shape index (κ1) is 28.5. The quantitative estimate of drug-likeness (QED) is 0.193. The zero-order valence-electron chi connectivity index (χ0n) is 21.3. The Kier molecular flexibility index (Phi) is 8.93. The molecule has 0 aliphatic heterocycles. The van der Waals surface area contributed by atoms with Crippen molar-refractivity contribution < 1.29 is 39.4 Å². The number of carbonyl (C=O) groups is 3. The second-order valence-corrected chi connectivity index (χ2v) is 11.0. The summed E-state index contributed by atoms with van der Waals surface area (Å²) in [5, 5.41) is 30.5. The second-order valence-electron chi connectivity index (χ2n) is 11.0. The summed E-state index contributed by atoms with van der Waals surface area (Å²) >= 11 is 0. The third-order valence-electron chi connectivity index (χ3n) is 9.19. The van der Waals surface area contributed by atoms with E-state index in [0.29, 0.717) is 68.1 Å². The van der Waals surface area contributed by atoms with Gasteiger partial charge in [-0.1, -0.05) is 19.0 Å². The average molecular weight is 524 g/mol. The summed E-state index contributed by atoms with van der Waals surface area (Å²) < 4.78 is 0. The lowest BCUT2D eigenvalue weighted by atomic mass is 9.44. The van der Waals surface area contributed by atoms with Crippen molar-refractivity contribution in [2.45, 2.75) is 71.3 Å². The van der Waals surface area contributed by atoms with Crippen molar-refractivity contribution in [2.24, 2.45) is 45.4 Å². The Hall–Kier alpha value is -3.02. The van der Waals surface area contributed by atoms with Crippen LogP contribution in [0.25, 0.3) is 0 Å². The van der Waals surface area contributed by atoms with Crippen LogP contribution in [0.2, 0.25) is 0 Å². The normalized spacial score (nSPS) is 37.5. The SMILES string of the molecule is C[C@]12CCC(=NOCCN)CC1C(O[N+](=O)[O-])C[C@@H]1[C@H]2CC[C@]2(C)C(=O)CC[C@@H]12.O=C(O)/C=C/C(=O)O. The lowest BCUT2D eigenvalue weighted by Gasteiger charge is -2.61. The van der Waals surface area contributed by atoms with Crippen molar-refractivity contribution in [3.8, 4) is 0 Å². The Balaban J connectivity index is 0.000000414. The summed E-state index contributed by atoms with van der Waals surface area (Å²) in [6.45, 7) is 5.20. The molecule has 0 bridgehead atoms. The summed E-state index contributed by atoms with van der Waals surface area (Å²) in [4.78, 5) is 53.6. The van der Waals surface area contributed by atoms with Gasteiger partial charge in [-0.3, -0.25) is 4.79 Å². The van der Waals surface area contributed by atoms with Gasteiger partial charge in [0, 0.05) is 30.5 Å². The van der Waals surface area contributed by atoms with Crippen LogP contribution in [0.5, 0.6) is 0 Å². The lowest BCUT2D eigenvalue weighted by Crippen LogP contribution is -2.58. The molecule has 0 aromatic rings. The van der Waals surface area contributed by atoms with E-state index in [2.05, 4.69) is 19.0 Å². The van der Waals surface area contributed by atoms with Crippen LogP contribution in [0.3, 0.4) is 0 Å². The highest BCUT2D eigenvalue weighted by Crippen LogP contribution is 2.65. The molecule has 4 rings (SSSR count). The third kappa shape index (κ3) is 6.11. The molecule has 4 N–H and O–H groups in total. The smallest absolute Gasteiger partial charge is 0.328 e. The molecule has 0 spiro atoms. The van der Waals surface area contributed by atoms with Gasteiger partial charge in [-0.15, -0.1) is 10.1 Å². The van der Waals surface area contributed by atoms with Gasteiger partial charge < -0.3 is 25.6 Å². The molecule has 0 radical (unpaired) electrons. The first-order chi connectivity index (χ1) is 17.4. The van der Waals surface area contributed by atoms with Gasteiger partial charge in [-0.2, -0.15) is 0 Å². The first-order valence-electron chi connectivity index (χ1n) is 12.8. The van der Waals surface area contributed by atoms with Crippen LogP contribution in [0.1, 0.15) is 65.2 Å². The zero-order valence-corrected chi connectivity index (χ0v) is 21.3. The molecule has 4 aliphatic rings. The molecule has 0 aromatic heterocycles. The van der Waals surface area contributed by atoms with Crippen LogP contribution < -0.4 is 5.73 Å². The predicted octanol–water partition coefficient (Wildman–Crippen LogP) is 2.83. The zero-order chi connectivity index (χ0) is 27.4. The second kappa shape index (κ2) is 11.6. The van der Waals surface area contributed by atoms with Crippen LogP contribution in [0.4, 0.5) is 0 Å².